The standard InChI is InChI=1S/C20H19NO3S/c1-2-24-18(22)13-25-20(14-8-4-3-5-9-14)19(23)16-12-21-17-11-7-6-10-15(16)17/h3-12,20-21H,2,13H2,1H3. The highest BCUT2D eigenvalue weighted by atomic mass is 32.2. The molecule has 128 valence electrons. The number of carbonyl (C=O) groups excluding carboxylic acids is 2. The summed E-state index contributed by atoms with van der Waals surface area (Å²) in [6, 6.07) is 17.2. The number of para-hydroxylation sites is 1. The number of esters is 1. The van der Waals surface area contributed by atoms with Crippen molar-refractivity contribution in [2.75, 3.05) is 12.4 Å². The highest BCUT2D eigenvalue weighted by Crippen LogP contribution is 2.34. The molecule has 0 bridgehead atoms. The Labute approximate surface area is 150 Å². The Balaban J connectivity index is 1.90. The first-order chi connectivity index (χ1) is 12.2. The van der Waals surface area contributed by atoms with Crippen molar-refractivity contribution >= 4 is 34.4 Å². The number of rotatable bonds is 7. The fourth-order valence-electron chi connectivity index (χ4n) is 2.72. The number of ether oxygens (including phenoxy) is 1. The molecule has 0 aliphatic rings. The second-order valence-electron chi connectivity index (χ2n) is 5.52. The number of aromatic amines is 1. The SMILES string of the molecule is CCOC(=O)CSC(C(=O)c1c[nH]c2ccccc12)c1ccccc1. The van der Waals surface area contributed by atoms with Gasteiger partial charge in [-0.05, 0) is 18.6 Å². The van der Waals surface area contributed by atoms with Crippen LogP contribution in [-0.4, -0.2) is 29.1 Å². The van der Waals surface area contributed by atoms with Gasteiger partial charge < -0.3 is 9.72 Å². The maximum absolute atomic E-state index is 13.2. The Morgan fingerprint density at radius 2 is 1.80 bits per heavy atom. The Hall–Kier alpha value is -2.53. The van der Waals surface area contributed by atoms with E-state index in [9.17, 15) is 9.59 Å². The molecule has 0 saturated carbocycles. The molecule has 4 nitrogen and oxygen atoms in total. The normalized spacial score (nSPS) is 12.0. The van der Waals surface area contributed by atoms with Gasteiger partial charge in [0.25, 0.3) is 0 Å². The summed E-state index contributed by atoms with van der Waals surface area (Å²) in [5.74, 6) is -0.181. The molecule has 1 N–H and O–H groups in total. The number of ketones is 1. The van der Waals surface area contributed by atoms with Crippen molar-refractivity contribution in [2.45, 2.75) is 12.2 Å². The third-order valence-electron chi connectivity index (χ3n) is 3.87. The van der Waals surface area contributed by atoms with E-state index in [-0.39, 0.29) is 17.5 Å². The van der Waals surface area contributed by atoms with Gasteiger partial charge in [-0.25, -0.2) is 0 Å². The summed E-state index contributed by atoms with van der Waals surface area (Å²) in [4.78, 5) is 28.1. The van der Waals surface area contributed by atoms with Crippen LogP contribution in [0.2, 0.25) is 0 Å². The largest absolute Gasteiger partial charge is 0.465 e. The summed E-state index contributed by atoms with van der Waals surface area (Å²) in [6.07, 6.45) is 1.74. The Kier molecular flexibility index (Phi) is 5.56. The average Bonchev–Trinajstić information content (AvgIpc) is 3.07. The molecule has 0 aliphatic heterocycles. The number of fused-ring (bicyclic) bond motifs is 1. The Morgan fingerprint density at radius 1 is 1.08 bits per heavy atom. The van der Waals surface area contributed by atoms with Gasteiger partial charge in [0, 0.05) is 22.7 Å². The Morgan fingerprint density at radius 3 is 2.56 bits per heavy atom. The van der Waals surface area contributed by atoms with Crippen molar-refractivity contribution in [1.82, 2.24) is 4.98 Å². The van der Waals surface area contributed by atoms with Crippen molar-refractivity contribution in [3.05, 3.63) is 71.9 Å². The van der Waals surface area contributed by atoms with E-state index in [1.165, 1.54) is 11.8 Å². The summed E-state index contributed by atoms with van der Waals surface area (Å²) in [5, 5.41) is 0.440. The molecule has 1 atom stereocenters. The third kappa shape index (κ3) is 3.94. The van der Waals surface area contributed by atoms with E-state index in [1.807, 2.05) is 54.6 Å². The summed E-state index contributed by atoms with van der Waals surface area (Å²) < 4.78 is 4.99. The van der Waals surface area contributed by atoms with Crippen LogP contribution in [0.15, 0.2) is 60.8 Å². The van der Waals surface area contributed by atoms with Crippen LogP contribution in [0.25, 0.3) is 10.9 Å². The van der Waals surface area contributed by atoms with Gasteiger partial charge in [0.05, 0.1) is 17.6 Å². The first kappa shape index (κ1) is 17.3. The number of thioether (sulfide) groups is 1. The van der Waals surface area contributed by atoms with Crippen molar-refractivity contribution in [3.63, 3.8) is 0 Å². The molecule has 5 heteroatoms. The fourth-order valence-corrected chi connectivity index (χ4v) is 3.74. The number of carbonyl (C=O) groups is 2. The van der Waals surface area contributed by atoms with Gasteiger partial charge in [0.2, 0.25) is 0 Å². The lowest BCUT2D eigenvalue weighted by atomic mass is 10.0. The minimum absolute atomic E-state index is 0.0158. The monoisotopic (exact) mass is 353 g/mol. The predicted molar refractivity (Wildman–Crippen MR) is 101 cm³/mol. The van der Waals surface area contributed by atoms with Gasteiger partial charge in [0.15, 0.2) is 5.78 Å². The van der Waals surface area contributed by atoms with Crippen molar-refractivity contribution in [1.29, 1.82) is 0 Å². The molecular formula is C20H19NO3S. The first-order valence-electron chi connectivity index (χ1n) is 8.13. The van der Waals surface area contributed by atoms with Crippen LogP contribution < -0.4 is 0 Å². The summed E-state index contributed by atoms with van der Waals surface area (Å²) >= 11 is 1.30. The minimum Gasteiger partial charge on any atom is -0.465 e. The zero-order valence-electron chi connectivity index (χ0n) is 13.9. The highest BCUT2D eigenvalue weighted by molar-refractivity contribution is 8.00. The van der Waals surface area contributed by atoms with Crippen LogP contribution in [0.5, 0.6) is 0 Å². The van der Waals surface area contributed by atoms with E-state index in [2.05, 4.69) is 4.98 Å². The maximum atomic E-state index is 13.2. The summed E-state index contributed by atoms with van der Waals surface area (Å²) in [6.45, 7) is 2.11. The van der Waals surface area contributed by atoms with Crippen molar-refractivity contribution in [2.24, 2.45) is 0 Å². The molecule has 25 heavy (non-hydrogen) atoms. The van der Waals surface area contributed by atoms with Crippen molar-refractivity contribution in [3.8, 4) is 0 Å². The van der Waals surface area contributed by atoms with Crippen LogP contribution in [0.1, 0.15) is 28.1 Å². The molecule has 0 aliphatic carbocycles. The van der Waals surface area contributed by atoms with Gasteiger partial charge in [-0.15, -0.1) is 11.8 Å². The summed E-state index contributed by atoms with van der Waals surface area (Å²) in [7, 11) is 0. The number of H-pyrrole nitrogens is 1. The predicted octanol–water partition coefficient (Wildman–Crippen LogP) is 4.39. The van der Waals surface area contributed by atoms with Crippen molar-refractivity contribution < 1.29 is 14.3 Å². The lowest BCUT2D eigenvalue weighted by Gasteiger charge is -2.15. The summed E-state index contributed by atoms with van der Waals surface area (Å²) in [5.41, 5.74) is 2.45. The van der Waals surface area contributed by atoms with E-state index >= 15 is 0 Å². The number of aromatic nitrogens is 1. The molecule has 0 saturated heterocycles. The maximum Gasteiger partial charge on any atom is 0.315 e. The lowest BCUT2D eigenvalue weighted by Crippen LogP contribution is -2.14. The molecule has 2 aromatic carbocycles. The van der Waals surface area contributed by atoms with Gasteiger partial charge in [-0.3, -0.25) is 9.59 Å². The molecule has 1 heterocycles. The zero-order chi connectivity index (χ0) is 17.6. The van der Waals surface area contributed by atoms with Gasteiger partial charge >= 0.3 is 5.97 Å². The number of nitrogens with one attached hydrogen (secondary N) is 1. The molecule has 0 spiro atoms. The van der Waals surface area contributed by atoms with Gasteiger partial charge in [-0.1, -0.05) is 48.5 Å². The van der Waals surface area contributed by atoms with Crippen LogP contribution in [0.3, 0.4) is 0 Å². The minimum atomic E-state index is -0.454. The molecule has 0 radical (unpaired) electrons. The quantitative estimate of drug-likeness (QED) is 0.505. The topological polar surface area (TPSA) is 59.2 Å². The number of hydrogen-bond donors (Lipinski definition) is 1. The molecule has 3 rings (SSSR count). The molecule has 1 aromatic heterocycles. The first-order valence-corrected chi connectivity index (χ1v) is 9.18. The smallest absolute Gasteiger partial charge is 0.315 e. The van der Waals surface area contributed by atoms with E-state index in [0.29, 0.717) is 12.2 Å². The molecule has 1 unspecified atom stereocenters. The number of hydrogen-bond acceptors (Lipinski definition) is 4. The molecular weight excluding hydrogens is 334 g/mol. The molecule has 3 aromatic rings. The zero-order valence-corrected chi connectivity index (χ0v) is 14.7. The molecule has 0 amide bonds. The second-order valence-corrected chi connectivity index (χ2v) is 6.61. The van der Waals surface area contributed by atoms with Gasteiger partial charge in [-0.2, -0.15) is 0 Å². The average molecular weight is 353 g/mol. The van der Waals surface area contributed by atoms with Crippen LogP contribution >= 0.6 is 11.8 Å². The number of benzene rings is 2. The Bertz CT molecular complexity index is 873. The second kappa shape index (κ2) is 8.03. The van der Waals surface area contributed by atoms with Crippen LogP contribution in [0, 0.1) is 0 Å². The fraction of sp³-hybridized carbons (Fsp3) is 0.200. The van der Waals surface area contributed by atoms with E-state index in [4.69, 9.17) is 4.74 Å². The van der Waals surface area contributed by atoms with Crippen LogP contribution in [0.4, 0.5) is 0 Å². The van der Waals surface area contributed by atoms with E-state index < -0.39 is 5.25 Å². The number of Topliss-reactive ketones (excluding diaryl/α,β-unsaturated/α-hetero) is 1. The highest BCUT2D eigenvalue weighted by Gasteiger charge is 2.25. The van der Waals surface area contributed by atoms with E-state index in [1.54, 1.807) is 13.1 Å². The molecule has 0 fully saturated rings. The lowest BCUT2D eigenvalue weighted by molar-refractivity contribution is -0.139. The van der Waals surface area contributed by atoms with Crippen LogP contribution in [-0.2, 0) is 9.53 Å². The third-order valence-corrected chi connectivity index (χ3v) is 5.09. The van der Waals surface area contributed by atoms with Gasteiger partial charge in [0.1, 0.15) is 0 Å². The van der Waals surface area contributed by atoms with E-state index in [0.717, 1.165) is 16.5 Å².